The molecule has 0 saturated heterocycles. The lowest BCUT2D eigenvalue weighted by Crippen LogP contribution is -1.94. The SMILES string of the molecule is O=C(/C=C/c1ccc(O)c(O)c1)c1cc(O)cc(/C=C/c2ccc(O)cc2)c1. The van der Waals surface area contributed by atoms with E-state index in [-0.39, 0.29) is 28.8 Å². The van der Waals surface area contributed by atoms with Crippen LogP contribution in [-0.4, -0.2) is 26.2 Å². The number of phenols is 4. The summed E-state index contributed by atoms with van der Waals surface area (Å²) in [6.07, 6.45) is 6.40. The van der Waals surface area contributed by atoms with E-state index >= 15 is 0 Å². The second-order valence-corrected chi connectivity index (χ2v) is 6.18. The summed E-state index contributed by atoms with van der Waals surface area (Å²) < 4.78 is 0. The van der Waals surface area contributed by atoms with Gasteiger partial charge in [0.15, 0.2) is 17.3 Å². The molecular weight excluding hydrogens is 356 g/mol. The van der Waals surface area contributed by atoms with Crippen LogP contribution in [0.1, 0.15) is 27.0 Å². The molecule has 0 aliphatic heterocycles. The van der Waals surface area contributed by atoms with Crippen LogP contribution in [0.4, 0.5) is 0 Å². The Bertz CT molecular complexity index is 1060. The van der Waals surface area contributed by atoms with E-state index in [1.165, 1.54) is 36.4 Å². The van der Waals surface area contributed by atoms with Crippen molar-refractivity contribution in [1.29, 1.82) is 0 Å². The largest absolute Gasteiger partial charge is 0.508 e. The number of carbonyl (C=O) groups is 1. The first-order valence-corrected chi connectivity index (χ1v) is 8.46. The molecule has 0 bridgehead atoms. The van der Waals surface area contributed by atoms with Crippen LogP contribution < -0.4 is 0 Å². The highest BCUT2D eigenvalue weighted by atomic mass is 16.3. The van der Waals surface area contributed by atoms with Crippen LogP contribution in [0, 0.1) is 0 Å². The minimum absolute atomic E-state index is 0.0353. The summed E-state index contributed by atoms with van der Waals surface area (Å²) in [6, 6.07) is 15.4. The molecule has 3 aromatic carbocycles. The molecule has 0 radical (unpaired) electrons. The van der Waals surface area contributed by atoms with Crippen LogP contribution in [0.3, 0.4) is 0 Å². The lowest BCUT2D eigenvalue weighted by molar-refractivity contribution is 0.104. The molecule has 3 aromatic rings. The molecule has 0 fully saturated rings. The smallest absolute Gasteiger partial charge is 0.186 e. The predicted octanol–water partition coefficient (Wildman–Crippen LogP) is 4.58. The molecule has 0 aliphatic rings. The Morgan fingerprint density at radius 1 is 0.607 bits per heavy atom. The maximum Gasteiger partial charge on any atom is 0.186 e. The summed E-state index contributed by atoms with van der Waals surface area (Å²) in [5.41, 5.74) is 2.37. The number of hydrogen-bond donors (Lipinski definition) is 4. The summed E-state index contributed by atoms with van der Waals surface area (Å²) in [5.74, 6) is -0.680. The monoisotopic (exact) mass is 374 g/mol. The Morgan fingerprint density at radius 3 is 2.00 bits per heavy atom. The Morgan fingerprint density at radius 2 is 1.29 bits per heavy atom. The van der Waals surface area contributed by atoms with E-state index in [1.807, 2.05) is 0 Å². The third-order valence-electron chi connectivity index (χ3n) is 4.01. The number of carbonyl (C=O) groups excluding carboxylic acids is 1. The molecule has 0 unspecified atom stereocenters. The fourth-order valence-electron chi connectivity index (χ4n) is 2.56. The first kappa shape index (κ1) is 18.8. The van der Waals surface area contributed by atoms with Crippen molar-refractivity contribution >= 4 is 24.0 Å². The number of aromatic hydroxyl groups is 4. The predicted molar refractivity (Wildman–Crippen MR) is 108 cm³/mol. The van der Waals surface area contributed by atoms with Gasteiger partial charge in [0, 0.05) is 5.56 Å². The molecule has 5 nitrogen and oxygen atoms in total. The lowest BCUT2D eigenvalue weighted by atomic mass is 10.0. The van der Waals surface area contributed by atoms with Gasteiger partial charge in [-0.15, -0.1) is 0 Å². The zero-order valence-corrected chi connectivity index (χ0v) is 14.8. The summed E-state index contributed by atoms with van der Waals surface area (Å²) in [6.45, 7) is 0. The van der Waals surface area contributed by atoms with Crippen LogP contribution in [0.15, 0.2) is 66.7 Å². The van der Waals surface area contributed by atoms with Crippen molar-refractivity contribution in [2.24, 2.45) is 0 Å². The number of hydrogen-bond acceptors (Lipinski definition) is 5. The Labute approximate surface area is 161 Å². The molecule has 0 spiro atoms. The molecule has 0 atom stereocenters. The highest BCUT2D eigenvalue weighted by Crippen LogP contribution is 2.25. The third kappa shape index (κ3) is 4.80. The summed E-state index contributed by atoms with van der Waals surface area (Å²) in [5, 5.41) is 38.1. The van der Waals surface area contributed by atoms with Gasteiger partial charge in [-0.25, -0.2) is 0 Å². The van der Waals surface area contributed by atoms with Crippen molar-refractivity contribution in [2.75, 3.05) is 0 Å². The highest BCUT2D eigenvalue weighted by molar-refractivity contribution is 6.07. The van der Waals surface area contributed by atoms with E-state index in [0.29, 0.717) is 16.7 Å². The van der Waals surface area contributed by atoms with Crippen molar-refractivity contribution in [3.05, 3.63) is 89.0 Å². The van der Waals surface area contributed by atoms with E-state index in [9.17, 15) is 25.2 Å². The van der Waals surface area contributed by atoms with Crippen LogP contribution in [-0.2, 0) is 0 Å². The molecule has 0 amide bonds. The van der Waals surface area contributed by atoms with Gasteiger partial charge in [-0.3, -0.25) is 4.79 Å². The highest BCUT2D eigenvalue weighted by Gasteiger charge is 2.06. The van der Waals surface area contributed by atoms with Crippen molar-refractivity contribution < 1.29 is 25.2 Å². The van der Waals surface area contributed by atoms with Crippen LogP contribution in [0.25, 0.3) is 18.2 Å². The van der Waals surface area contributed by atoms with Gasteiger partial charge in [0.05, 0.1) is 0 Å². The quantitative estimate of drug-likeness (QED) is 0.227. The Kier molecular flexibility index (Phi) is 5.46. The van der Waals surface area contributed by atoms with E-state index in [2.05, 4.69) is 0 Å². The number of phenolic OH excluding ortho intramolecular Hbond substituents is 4. The maximum absolute atomic E-state index is 12.4. The van der Waals surface area contributed by atoms with Crippen LogP contribution >= 0.6 is 0 Å². The van der Waals surface area contributed by atoms with Crippen molar-refractivity contribution in [2.45, 2.75) is 0 Å². The molecule has 3 rings (SSSR count). The van der Waals surface area contributed by atoms with Gasteiger partial charge in [-0.2, -0.15) is 0 Å². The average Bonchev–Trinajstić information content (AvgIpc) is 2.68. The van der Waals surface area contributed by atoms with Gasteiger partial charge in [0.1, 0.15) is 11.5 Å². The fourth-order valence-corrected chi connectivity index (χ4v) is 2.56. The summed E-state index contributed by atoms with van der Waals surface area (Å²) >= 11 is 0. The Hall–Kier alpha value is -3.99. The van der Waals surface area contributed by atoms with Gasteiger partial charge >= 0.3 is 0 Å². The molecule has 0 heterocycles. The standard InChI is InChI=1S/C23H18O5/c24-19-7-3-15(4-8-19)1-2-17-11-18(14-20(25)12-17)21(26)9-5-16-6-10-22(27)23(28)13-16/h1-14,24-25,27-28H/b2-1+,9-5+. The van der Waals surface area contributed by atoms with Gasteiger partial charge in [-0.05, 0) is 65.2 Å². The molecule has 4 N–H and O–H groups in total. The molecule has 0 aliphatic carbocycles. The van der Waals surface area contributed by atoms with Crippen molar-refractivity contribution in [3.63, 3.8) is 0 Å². The molecule has 140 valence electrons. The van der Waals surface area contributed by atoms with Gasteiger partial charge in [0.2, 0.25) is 0 Å². The zero-order chi connectivity index (χ0) is 20.1. The van der Waals surface area contributed by atoms with Crippen LogP contribution in [0.5, 0.6) is 23.0 Å². The van der Waals surface area contributed by atoms with Gasteiger partial charge in [0.25, 0.3) is 0 Å². The molecular formula is C23H18O5. The molecule has 28 heavy (non-hydrogen) atoms. The van der Waals surface area contributed by atoms with E-state index < -0.39 is 0 Å². The fraction of sp³-hybridized carbons (Fsp3) is 0. The van der Waals surface area contributed by atoms with E-state index in [4.69, 9.17) is 0 Å². The van der Waals surface area contributed by atoms with Crippen LogP contribution in [0.2, 0.25) is 0 Å². The van der Waals surface area contributed by atoms with Crippen molar-refractivity contribution in [3.8, 4) is 23.0 Å². The second kappa shape index (κ2) is 8.14. The minimum atomic E-state index is -0.317. The average molecular weight is 374 g/mol. The zero-order valence-electron chi connectivity index (χ0n) is 14.8. The van der Waals surface area contributed by atoms with Crippen molar-refractivity contribution in [1.82, 2.24) is 0 Å². The van der Waals surface area contributed by atoms with Gasteiger partial charge < -0.3 is 20.4 Å². The van der Waals surface area contributed by atoms with Gasteiger partial charge in [-0.1, -0.05) is 36.4 Å². The normalized spacial score (nSPS) is 11.3. The van der Waals surface area contributed by atoms with E-state index in [0.717, 1.165) is 5.56 Å². The summed E-state index contributed by atoms with van der Waals surface area (Å²) in [4.78, 5) is 12.4. The summed E-state index contributed by atoms with van der Waals surface area (Å²) in [7, 11) is 0. The molecule has 0 aromatic heterocycles. The number of ketones is 1. The minimum Gasteiger partial charge on any atom is -0.508 e. The lowest BCUT2D eigenvalue weighted by Gasteiger charge is -2.02. The second-order valence-electron chi connectivity index (χ2n) is 6.18. The molecule has 0 saturated carbocycles. The third-order valence-corrected chi connectivity index (χ3v) is 4.01. The first-order chi connectivity index (χ1) is 13.4. The van der Waals surface area contributed by atoms with E-state index in [1.54, 1.807) is 48.6 Å². The number of benzene rings is 3. The topological polar surface area (TPSA) is 98.0 Å². The first-order valence-electron chi connectivity index (χ1n) is 8.46. The maximum atomic E-state index is 12.4. The number of allylic oxidation sites excluding steroid dienone is 1. The number of rotatable bonds is 5. The molecule has 5 heteroatoms. The Balaban J connectivity index is 1.79.